The van der Waals surface area contributed by atoms with Gasteiger partial charge in [-0.25, -0.2) is 4.98 Å². The third-order valence-corrected chi connectivity index (χ3v) is 4.15. The van der Waals surface area contributed by atoms with Gasteiger partial charge in [-0.1, -0.05) is 17.7 Å². The van der Waals surface area contributed by atoms with Crippen molar-refractivity contribution in [2.45, 2.75) is 20.4 Å². The number of rotatable bonds is 3. The maximum Gasteiger partial charge on any atom is 0.120 e. The molecule has 2 aromatic carbocycles. The van der Waals surface area contributed by atoms with E-state index in [9.17, 15) is 5.11 Å². The molecule has 3 nitrogen and oxygen atoms in total. The molecule has 0 atom stereocenters. The summed E-state index contributed by atoms with van der Waals surface area (Å²) in [7, 11) is 0. The van der Waals surface area contributed by atoms with Crippen LogP contribution < -0.4 is 5.32 Å². The van der Waals surface area contributed by atoms with Gasteiger partial charge in [-0.15, -0.1) is 11.3 Å². The van der Waals surface area contributed by atoms with E-state index in [4.69, 9.17) is 0 Å². The smallest absolute Gasteiger partial charge is 0.120 e. The predicted octanol–water partition coefficient (Wildman–Crippen LogP) is 4.23. The van der Waals surface area contributed by atoms with Gasteiger partial charge in [-0.05, 0) is 38.1 Å². The van der Waals surface area contributed by atoms with Crippen molar-refractivity contribution in [2.24, 2.45) is 0 Å². The van der Waals surface area contributed by atoms with Crippen LogP contribution in [0.15, 0.2) is 36.4 Å². The van der Waals surface area contributed by atoms with E-state index in [0.717, 1.165) is 27.3 Å². The average Bonchev–Trinajstić information content (AvgIpc) is 2.79. The van der Waals surface area contributed by atoms with Crippen LogP contribution in [-0.4, -0.2) is 10.1 Å². The number of nitrogens with one attached hydrogen (secondary N) is 1. The number of phenols is 1. The molecule has 2 N–H and O–H groups in total. The molecule has 0 bridgehead atoms. The van der Waals surface area contributed by atoms with Gasteiger partial charge in [-0.3, -0.25) is 0 Å². The number of phenolic OH excluding ortho intramolecular Hbond substituents is 1. The van der Waals surface area contributed by atoms with Gasteiger partial charge in [0.2, 0.25) is 0 Å². The maximum atomic E-state index is 9.84. The minimum Gasteiger partial charge on any atom is -0.508 e. The molecule has 0 aliphatic heterocycles. The zero-order chi connectivity index (χ0) is 14.1. The van der Waals surface area contributed by atoms with Gasteiger partial charge in [-0.2, -0.15) is 0 Å². The summed E-state index contributed by atoms with van der Waals surface area (Å²) in [6, 6.07) is 11.8. The summed E-state index contributed by atoms with van der Waals surface area (Å²) in [5.74, 6) is 0.331. The van der Waals surface area contributed by atoms with Crippen LogP contribution in [0.4, 0.5) is 5.69 Å². The highest BCUT2D eigenvalue weighted by molar-refractivity contribution is 7.18. The van der Waals surface area contributed by atoms with E-state index in [0.29, 0.717) is 12.3 Å². The molecule has 1 heterocycles. The fourth-order valence-electron chi connectivity index (χ4n) is 2.20. The molecule has 1 aromatic heterocycles. The Balaban J connectivity index is 1.80. The van der Waals surface area contributed by atoms with E-state index in [-0.39, 0.29) is 0 Å². The molecule has 0 amide bonds. The number of aromatic nitrogens is 1. The summed E-state index contributed by atoms with van der Waals surface area (Å²) in [4.78, 5) is 4.45. The molecule has 3 rings (SSSR count). The highest BCUT2D eigenvalue weighted by Crippen LogP contribution is 2.26. The molecule has 0 unspecified atom stereocenters. The van der Waals surface area contributed by atoms with Crippen molar-refractivity contribution in [1.29, 1.82) is 0 Å². The number of anilines is 1. The summed E-state index contributed by atoms with van der Waals surface area (Å²) in [6.07, 6.45) is 0. The van der Waals surface area contributed by atoms with Crippen LogP contribution in [0, 0.1) is 13.8 Å². The van der Waals surface area contributed by atoms with Crippen LogP contribution in [0.3, 0.4) is 0 Å². The van der Waals surface area contributed by atoms with Gasteiger partial charge < -0.3 is 10.4 Å². The number of aryl methyl sites for hydroxylation is 2. The van der Waals surface area contributed by atoms with E-state index in [1.54, 1.807) is 17.4 Å². The molecule has 0 aliphatic rings. The van der Waals surface area contributed by atoms with Crippen molar-refractivity contribution in [1.82, 2.24) is 4.98 Å². The lowest BCUT2D eigenvalue weighted by molar-refractivity contribution is 0.469. The summed E-state index contributed by atoms with van der Waals surface area (Å²) in [5.41, 5.74) is 4.14. The Labute approximate surface area is 121 Å². The molecule has 0 spiro atoms. The van der Waals surface area contributed by atoms with Crippen LogP contribution in [0.5, 0.6) is 5.75 Å². The SMILES string of the molecule is Cc1ccc(O)c(CNc2ccc3nc(C)sc3c2)c1. The van der Waals surface area contributed by atoms with Crippen molar-refractivity contribution in [3.8, 4) is 5.75 Å². The molecular weight excluding hydrogens is 268 g/mol. The van der Waals surface area contributed by atoms with Crippen molar-refractivity contribution in [2.75, 3.05) is 5.32 Å². The van der Waals surface area contributed by atoms with Crippen molar-refractivity contribution in [3.05, 3.63) is 52.5 Å². The first-order valence-electron chi connectivity index (χ1n) is 6.51. The standard InChI is InChI=1S/C16H16N2OS/c1-10-3-6-15(19)12(7-10)9-17-13-4-5-14-16(8-13)20-11(2)18-14/h3-8,17,19H,9H2,1-2H3. The van der Waals surface area contributed by atoms with Crippen molar-refractivity contribution < 1.29 is 5.11 Å². The molecule has 4 heteroatoms. The van der Waals surface area contributed by atoms with Crippen LogP contribution in [0.2, 0.25) is 0 Å². The first-order chi connectivity index (χ1) is 9.61. The molecule has 0 radical (unpaired) electrons. The second-order valence-corrected chi connectivity index (χ2v) is 6.14. The maximum absolute atomic E-state index is 9.84. The third kappa shape index (κ3) is 2.60. The van der Waals surface area contributed by atoms with E-state index in [1.807, 2.05) is 38.1 Å². The zero-order valence-electron chi connectivity index (χ0n) is 11.5. The summed E-state index contributed by atoms with van der Waals surface area (Å²) in [6.45, 7) is 4.65. The second-order valence-electron chi connectivity index (χ2n) is 4.90. The molecular formula is C16H16N2OS. The summed E-state index contributed by atoms with van der Waals surface area (Å²) >= 11 is 1.69. The number of nitrogens with zero attached hydrogens (tertiary/aromatic N) is 1. The Kier molecular flexibility index (Phi) is 3.32. The molecule has 3 aromatic rings. The van der Waals surface area contributed by atoms with E-state index < -0.39 is 0 Å². The highest BCUT2D eigenvalue weighted by Gasteiger charge is 2.04. The lowest BCUT2D eigenvalue weighted by Gasteiger charge is -2.09. The highest BCUT2D eigenvalue weighted by atomic mass is 32.1. The van der Waals surface area contributed by atoms with Crippen LogP contribution >= 0.6 is 11.3 Å². The first-order valence-corrected chi connectivity index (χ1v) is 7.33. The van der Waals surface area contributed by atoms with E-state index in [2.05, 4.69) is 16.4 Å². The Bertz CT molecular complexity index is 764. The Hall–Kier alpha value is -2.07. The number of hydrogen-bond donors (Lipinski definition) is 2. The van der Waals surface area contributed by atoms with Gasteiger partial charge in [0.05, 0.1) is 15.2 Å². The second kappa shape index (κ2) is 5.13. The molecule has 0 saturated carbocycles. The number of fused-ring (bicyclic) bond motifs is 1. The molecule has 0 saturated heterocycles. The van der Waals surface area contributed by atoms with Gasteiger partial charge in [0.25, 0.3) is 0 Å². The Morgan fingerprint density at radius 2 is 2.00 bits per heavy atom. The minimum atomic E-state index is 0.331. The fraction of sp³-hybridized carbons (Fsp3) is 0.188. The number of thiazole rings is 1. The zero-order valence-corrected chi connectivity index (χ0v) is 12.3. The van der Waals surface area contributed by atoms with Crippen LogP contribution in [0.1, 0.15) is 16.1 Å². The molecule has 0 fully saturated rings. The fourth-order valence-corrected chi connectivity index (χ4v) is 3.07. The normalized spacial score (nSPS) is 10.9. The topological polar surface area (TPSA) is 45.1 Å². The third-order valence-electron chi connectivity index (χ3n) is 3.21. The summed E-state index contributed by atoms with van der Waals surface area (Å²) < 4.78 is 1.18. The molecule has 20 heavy (non-hydrogen) atoms. The largest absolute Gasteiger partial charge is 0.508 e. The van der Waals surface area contributed by atoms with E-state index >= 15 is 0 Å². The minimum absolute atomic E-state index is 0.331. The lowest BCUT2D eigenvalue weighted by Crippen LogP contribution is -1.99. The lowest BCUT2D eigenvalue weighted by atomic mass is 10.1. The van der Waals surface area contributed by atoms with Gasteiger partial charge in [0, 0.05) is 17.8 Å². The van der Waals surface area contributed by atoms with Crippen LogP contribution in [-0.2, 0) is 6.54 Å². The van der Waals surface area contributed by atoms with Gasteiger partial charge in [0.15, 0.2) is 0 Å². The number of benzene rings is 2. The van der Waals surface area contributed by atoms with E-state index in [1.165, 1.54) is 4.70 Å². The van der Waals surface area contributed by atoms with Gasteiger partial charge >= 0.3 is 0 Å². The monoisotopic (exact) mass is 284 g/mol. The molecule has 0 aliphatic carbocycles. The van der Waals surface area contributed by atoms with Crippen molar-refractivity contribution in [3.63, 3.8) is 0 Å². The van der Waals surface area contributed by atoms with Crippen LogP contribution in [0.25, 0.3) is 10.2 Å². The Morgan fingerprint density at radius 3 is 2.85 bits per heavy atom. The quantitative estimate of drug-likeness (QED) is 0.756. The molecule has 102 valence electrons. The number of hydrogen-bond acceptors (Lipinski definition) is 4. The summed E-state index contributed by atoms with van der Waals surface area (Å²) in [5, 5.41) is 14.3. The first kappa shape index (κ1) is 12.9. The Morgan fingerprint density at radius 1 is 1.15 bits per heavy atom. The van der Waals surface area contributed by atoms with Gasteiger partial charge in [0.1, 0.15) is 5.75 Å². The predicted molar refractivity (Wildman–Crippen MR) is 84.5 cm³/mol. The average molecular weight is 284 g/mol. The van der Waals surface area contributed by atoms with Crippen molar-refractivity contribution >= 4 is 27.2 Å². The number of aromatic hydroxyl groups is 1.